The van der Waals surface area contributed by atoms with Crippen molar-refractivity contribution in [3.05, 3.63) is 66.0 Å². The number of benzene rings is 2. The molecule has 0 radical (unpaired) electrons. The largest absolute Gasteiger partial charge is 0.325 e. The number of para-hydroxylation sites is 2. The molecule has 1 aliphatic heterocycles. The summed E-state index contributed by atoms with van der Waals surface area (Å²) >= 11 is 0. The van der Waals surface area contributed by atoms with Crippen LogP contribution in [0, 0.1) is 6.92 Å². The number of aryl methyl sites for hydroxylation is 2. The summed E-state index contributed by atoms with van der Waals surface area (Å²) in [4.78, 5) is 7.37. The lowest BCUT2D eigenvalue weighted by atomic mass is 10.0. The van der Waals surface area contributed by atoms with Gasteiger partial charge in [0.25, 0.3) is 0 Å². The predicted molar refractivity (Wildman–Crippen MR) is 104 cm³/mol. The molecule has 0 unspecified atom stereocenters. The SMILES string of the molecule is Cc1nc2ccccc2n1C1CCN(CCCc2ccccc2)CC1. The number of fused-ring (bicyclic) bond motifs is 1. The van der Waals surface area contributed by atoms with Gasteiger partial charge in [-0.25, -0.2) is 4.98 Å². The van der Waals surface area contributed by atoms with Crippen molar-refractivity contribution in [2.45, 2.75) is 38.6 Å². The summed E-state index contributed by atoms with van der Waals surface area (Å²) in [6, 6.07) is 20.0. The lowest BCUT2D eigenvalue weighted by Gasteiger charge is -2.33. The van der Waals surface area contributed by atoms with E-state index in [4.69, 9.17) is 4.98 Å². The van der Waals surface area contributed by atoms with Crippen molar-refractivity contribution >= 4 is 11.0 Å². The van der Waals surface area contributed by atoms with E-state index in [0.29, 0.717) is 6.04 Å². The van der Waals surface area contributed by atoms with Gasteiger partial charge in [0.1, 0.15) is 5.82 Å². The van der Waals surface area contributed by atoms with Crippen molar-refractivity contribution in [3.8, 4) is 0 Å². The van der Waals surface area contributed by atoms with Crippen LogP contribution < -0.4 is 0 Å². The second-order valence-corrected chi connectivity index (χ2v) is 7.18. The van der Waals surface area contributed by atoms with Crippen LogP contribution in [0.5, 0.6) is 0 Å². The summed E-state index contributed by atoms with van der Waals surface area (Å²) < 4.78 is 2.47. The fraction of sp³-hybridized carbons (Fsp3) is 0.409. The van der Waals surface area contributed by atoms with E-state index in [9.17, 15) is 0 Å². The molecule has 1 fully saturated rings. The molecule has 0 amide bonds. The maximum absolute atomic E-state index is 4.74. The molecule has 1 aromatic heterocycles. The standard InChI is InChI=1S/C22H27N3/c1-18-23-21-11-5-6-12-22(21)25(18)20-13-16-24(17-14-20)15-7-10-19-8-3-2-4-9-19/h2-6,8-9,11-12,20H,7,10,13-17H2,1H3. The third kappa shape index (κ3) is 3.62. The fourth-order valence-corrected chi connectivity index (χ4v) is 4.18. The normalized spacial score (nSPS) is 16.5. The van der Waals surface area contributed by atoms with E-state index >= 15 is 0 Å². The maximum atomic E-state index is 4.74. The number of hydrogen-bond acceptors (Lipinski definition) is 2. The Balaban J connectivity index is 1.33. The number of nitrogens with zero attached hydrogens (tertiary/aromatic N) is 3. The molecule has 2 heterocycles. The maximum Gasteiger partial charge on any atom is 0.106 e. The van der Waals surface area contributed by atoms with E-state index in [1.807, 2.05) is 0 Å². The van der Waals surface area contributed by atoms with Crippen LogP contribution in [0.2, 0.25) is 0 Å². The molecule has 0 aliphatic carbocycles. The van der Waals surface area contributed by atoms with Gasteiger partial charge in [-0.1, -0.05) is 42.5 Å². The van der Waals surface area contributed by atoms with E-state index in [2.05, 4.69) is 71.0 Å². The zero-order valence-corrected chi connectivity index (χ0v) is 15.1. The van der Waals surface area contributed by atoms with Crippen LogP contribution in [0.4, 0.5) is 0 Å². The number of piperidine rings is 1. The summed E-state index contributed by atoms with van der Waals surface area (Å²) in [6.45, 7) is 5.76. The molecule has 1 saturated heterocycles. The predicted octanol–water partition coefficient (Wildman–Crippen LogP) is 4.61. The van der Waals surface area contributed by atoms with E-state index in [-0.39, 0.29) is 0 Å². The van der Waals surface area contributed by atoms with E-state index < -0.39 is 0 Å². The lowest BCUT2D eigenvalue weighted by Crippen LogP contribution is -2.35. The van der Waals surface area contributed by atoms with Crippen molar-refractivity contribution < 1.29 is 0 Å². The Hall–Kier alpha value is -2.13. The molecule has 130 valence electrons. The van der Waals surface area contributed by atoms with E-state index in [0.717, 1.165) is 11.3 Å². The van der Waals surface area contributed by atoms with Gasteiger partial charge in [0.2, 0.25) is 0 Å². The molecule has 0 bridgehead atoms. The zero-order chi connectivity index (χ0) is 17.1. The minimum Gasteiger partial charge on any atom is -0.325 e. The van der Waals surface area contributed by atoms with E-state index in [1.54, 1.807) is 0 Å². The quantitative estimate of drug-likeness (QED) is 0.679. The summed E-state index contributed by atoms with van der Waals surface area (Å²) in [7, 11) is 0. The highest BCUT2D eigenvalue weighted by Gasteiger charge is 2.23. The molecule has 3 aromatic rings. The summed E-state index contributed by atoms with van der Waals surface area (Å²) in [5, 5.41) is 0. The van der Waals surface area contributed by atoms with Crippen LogP contribution in [0.1, 0.15) is 36.7 Å². The number of hydrogen-bond donors (Lipinski definition) is 0. The van der Waals surface area contributed by atoms with Crippen molar-refractivity contribution in [1.82, 2.24) is 14.5 Å². The molecule has 0 N–H and O–H groups in total. The molecule has 4 rings (SSSR count). The van der Waals surface area contributed by atoms with Crippen molar-refractivity contribution in [2.75, 3.05) is 19.6 Å². The van der Waals surface area contributed by atoms with E-state index in [1.165, 1.54) is 56.4 Å². The highest BCUT2D eigenvalue weighted by atomic mass is 15.2. The topological polar surface area (TPSA) is 21.1 Å². The number of likely N-dealkylation sites (tertiary alicyclic amines) is 1. The van der Waals surface area contributed by atoms with Gasteiger partial charge in [-0.2, -0.15) is 0 Å². The van der Waals surface area contributed by atoms with Crippen LogP contribution in [-0.2, 0) is 6.42 Å². The van der Waals surface area contributed by atoms with Gasteiger partial charge in [0.15, 0.2) is 0 Å². The molecule has 3 nitrogen and oxygen atoms in total. The first kappa shape index (κ1) is 16.3. The first-order valence-electron chi connectivity index (χ1n) is 9.51. The highest BCUT2D eigenvalue weighted by Crippen LogP contribution is 2.28. The van der Waals surface area contributed by atoms with Gasteiger partial charge in [-0.15, -0.1) is 0 Å². The summed E-state index contributed by atoms with van der Waals surface area (Å²) in [6.07, 6.45) is 4.90. The van der Waals surface area contributed by atoms with Gasteiger partial charge < -0.3 is 9.47 Å². The molecule has 25 heavy (non-hydrogen) atoms. The molecule has 1 aliphatic rings. The van der Waals surface area contributed by atoms with Gasteiger partial charge in [-0.05, 0) is 56.8 Å². The second kappa shape index (κ2) is 7.40. The molecule has 0 saturated carbocycles. The molecular weight excluding hydrogens is 306 g/mol. The molecule has 0 spiro atoms. The summed E-state index contributed by atoms with van der Waals surface area (Å²) in [5.74, 6) is 1.16. The Morgan fingerprint density at radius 3 is 2.48 bits per heavy atom. The average Bonchev–Trinajstić information content (AvgIpc) is 2.99. The molecular formula is C22H27N3. The zero-order valence-electron chi connectivity index (χ0n) is 15.1. The average molecular weight is 333 g/mol. The minimum absolute atomic E-state index is 0.595. The monoisotopic (exact) mass is 333 g/mol. The minimum atomic E-state index is 0.595. The van der Waals surface area contributed by atoms with Gasteiger partial charge in [0, 0.05) is 19.1 Å². The third-order valence-electron chi connectivity index (χ3n) is 5.48. The Bertz CT molecular complexity index is 814. The first-order chi connectivity index (χ1) is 12.3. The van der Waals surface area contributed by atoms with Crippen molar-refractivity contribution in [3.63, 3.8) is 0 Å². The Morgan fingerprint density at radius 2 is 1.68 bits per heavy atom. The number of aromatic nitrogens is 2. The first-order valence-corrected chi connectivity index (χ1v) is 9.51. The fourth-order valence-electron chi connectivity index (χ4n) is 4.18. The van der Waals surface area contributed by atoms with Gasteiger partial charge >= 0.3 is 0 Å². The summed E-state index contributed by atoms with van der Waals surface area (Å²) in [5.41, 5.74) is 3.88. The highest BCUT2D eigenvalue weighted by molar-refractivity contribution is 5.76. The number of imidazole rings is 1. The van der Waals surface area contributed by atoms with Crippen LogP contribution in [-0.4, -0.2) is 34.1 Å². The Kier molecular flexibility index (Phi) is 4.84. The Labute approximate surface area is 150 Å². The smallest absolute Gasteiger partial charge is 0.106 e. The van der Waals surface area contributed by atoms with Crippen LogP contribution in [0.25, 0.3) is 11.0 Å². The van der Waals surface area contributed by atoms with Crippen LogP contribution in [0.15, 0.2) is 54.6 Å². The molecule has 3 heteroatoms. The van der Waals surface area contributed by atoms with Crippen molar-refractivity contribution in [1.29, 1.82) is 0 Å². The molecule has 0 atom stereocenters. The molecule has 2 aromatic carbocycles. The third-order valence-corrected chi connectivity index (χ3v) is 5.48. The number of rotatable bonds is 5. The van der Waals surface area contributed by atoms with Crippen molar-refractivity contribution in [2.24, 2.45) is 0 Å². The Morgan fingerprint density at radius 1 is 0.960 bits per heavy atom. The van der Waals surface area contributed by atoms with Gasteiger partial charge in [-0.3, -0.25) is 0 Å². The van der Waals surface area contributed by atoms with Crippen LogP contribution in [0.3, 0.4) is 0 Å². The second-order valence-electron chi connectivity index (χ2n) is 7.18. The lowest BCUT2D eigenvalue weighted by molar-refractivity contribution is 0.185. The van der Waals surface area contributed by atoms with Gasteiger partial charge in [0.05, 0.1) is 11.0 Å². The van der Waals surface area contributed by atoms with Crippen LogP contribution >= 0.6 is 0 Å².